The molecule has 1 aromatic heterocycles. The van der Waals surface area contributed by atoms with Crippen LogP contribution < -0.4 is 11.5 Å². The van der Waals surface area contributed by atoms with Gasteiger partial charge in [-0.2, -0.15) is 0 Å². The van der Waals surface area contributed by atoms with Crippen LogP contribution in [0.25, 0.3) is 10.9 Å². The molecule has 0 bridgehead atoms. The highest BCUT2D eigenvalue weighted by Crippen LogP contribution is 2.34. The number of hydrogen-bond donors (Lipinski definition) is 2. The van der Waals surface area contributed by atoms with Gasteiger partial charge in [0.05, 0.1) is 11.4 Å². The van der Waals surface area contributed by atoms with Crippen LogP contribution in [0.15, 0.2) is 54.0 Å². The van der Waals surface area contributed by atoms with Crippen molar-refractivity contribution < 1.29 is 4.79 Å². The number of nitrogens with zero attached hydrogens (tertiary/aromatic N) is 3. The number of hydrogen-bond acceptors (Lipinski definition) is 4. The molecule has 0 radical (unpaired) electrons. The maximum Gasteiger partial charge on any atom is 0.255 e. The molecule has 29 heavy (non-hydrogen) atoms. The summed E-state index contributed by atoms with van der Waals surface area (Å²) in [7, 11) is 3.68. The zero-order valence-electron chi connectivity index (χ0n) is 17.9. The van der Waals surface area contributed by atoms with E-state index in [0.29, 0.717) is 29.9 Å². The summed E-state index contributed by atoms with van der Waals surface area (Å²) in [5.41, 5.74) is 14.7. The number of carbonyl (C=O) groups excluding carboxylic acids is 1. The molecule has 0 aliphatic carbocycles. The molecule has 2 aromatic rings. The Balaban J connectivity index is 1.88. The summed E-state index contributed by atoms with van der Waals surface area (Å²) in [6, 6.07) is 11.1. The molecular formula is C23H33N5O. The van der Waals surface area contributed by atoms with Crippen molar-refractivity contribution in [1.82, 2.24) is 14.4 Å². The second-order valence-corrected chi connectivity index (χ2v) is 8.27. The maximum atomic E-state index is 13.1. The minimum Gasteiger partial charge on any atom is -0.404 e. The number of carbonyl (C=O) groups is 1. The molecule has 1 saturated heterocycles. The van der Waals surface area contributed by atoms with Crippen molar-refractivity contribution in [3.8, 4) is 0 Å². The van der Waals surface area contributed by atoms with E-state index in [1.807, 2.05) is 19.0 Å². The summed E-state index contributed by atoms with van der Waals surface area (Å²) < 4.78 is 2.41. The smallest absolute Gasteiger partial charge is 0.255 e. The number of fused-ring (bicyclic) bond motifs is 1. The van der Waals surface area contributed by atoms with Gasteiger partial charge in [-0.1, -0.05) is 18.2 Å². The number of rotatable bonds is 5. The van der Waals surface area contributed by atoms with E-state index in [1.165, 1.54) is 22.8 Å². The average Bonchev–Trinajstić information content (AvgIpc) is 3.11. The van der Waals surface area contributed by atoms with E-state index in [9.17, 15) is 4.79 Å². The van der Waals surface area contributed by atoms with Gasteiger partial charge in [0.1, 0.15) is 0 Å². The number of piperidine rings is 1. The molecule has 1 atom stereocenters. The molecule has 6 heteroatoms. The number of aromatic nitrogens is 1. The van der Waals surface area contributed by atoms with Crippen LogP contribution >= 0.6 is 0 Å². The Bertz CT molecular complexity index is 938. The van der Waals surface area contributed by atoms with Gasteiger partial charge in [-0.25, -0.2) is 0 Å². The molecule has 6 nitrogen and oxygen atoms in total. The molecular weight excluding hydrogens is 362 g/mol. The zero-order chi connectivity index (χ0) is 21.1. The minimum atomic E-state index is -0.0609. The summed E-state index contributed by atoms with van der Waals surface area (Å²) in [5, 5.41) is 1.25. The molecule has 0 spiro atoms. The Morgan fingerprint density at radius 1 is 1.28 bits per heavy atom. The van der Waals surface area contributed by atoms with E-state index in [4.69, 9.17) is 11.5 Å². The van der Waals surface area contributed by atoms with Crippen molar-refractivity contribution in [2.75, 3.05) is 27.2 Å². The van der Waals surface area contributed by atoms with Crippen molar-refractivity contribution in [2.24, 2.45) is 11.5 Å². The first-order chi connectivity index (χ1) is 13.8. The first-order valence-electron chi connectivity index (χ1n) is 10.3. The number of para-hydroxylation sites is 1. The fourth-order valence-corrected chi connectivity index (χ4v) is 4.14. The third-order valence-electron chi connectivity index (χ3n) is 5.67. The summed E-state index contributed by atoms with van der Waals surface area (Å²) in [6.45, 7) is 5.86. The number of nitrogens with two attached hydrogens (primary N) is 2. The van der Waals surface area contributed by atoms with Gasteiger partial charge in [0.25, 0.3) is 5.91 Å². The number of benzene rings is 1. The van der Waals surface area contributed by atoms with Crippen LogP contribution in [-0.2, 0) is 4.79 Å². The predicted molar refractivity (Wildman–Crippen MR) is 119 cm³/mol. The standard InChI is InChI=1S/C23H33N5O/c1-16(2)28-20-10-6-5-8-17(20)12-21(28)18-9-7-11-27(15-18)23(29)19(14-24)13-22(25)26(3)4/h5-6,8,10,12-14,16,18H,7,9,11,15,24-25H2,1-4H3/b19-14+,22-13+. The summed E-state index contributed by atoms with van der Waals surface area (Å²) in [4.78, 5) is 16.8. The van der Waals surface area contributed by atoms with Crippen LogP contribution in [0.2, 0.25) is 0 Å². The van der Waals surface area contributed by atoms with Crippen molar-refractivity contribution in [3.05, 3.63) is 59.7 Å². The molecule has 1 fully saturated rings. The van der Waals surface area contributed by atoms with E-state index < -0.39 is 0 Å². The SMILES string of the molecule is CC(C)n1c(C2CCCN(C(=O)C(=C/N)/C=C(\N)N(C)C)C2)cc2ccccc21. The molecule has 1 amide bonds. The highest BCUT2D eigenvalue weighted by molar-refractivity contribution is 5.96. The van der Waals surface area contributed by atoms with Crippen LogP contribution in [0.5, 0.6) is 0 Å². The van der Waals surface area contributed by atoms with E-state index in [0.717, 1.165) is 19.4 Å². The van der Waals surface area contributed by atoms with Gasteiger partial charge >= 0.3 is 0 Å². The fraction of sp³-hybridized carbons (Fsp3) is 0.435. The van der Waals surface area contributed by atoms with E-state index in [1.54, 1.807) is 11.0 Å². The monoisotopic (exact) mass is 395 g/mol. The molecule has 2 heterocycles. The van der Waals surface area contributed by atoms with Crippen LogP contribution in [0, 0.1) is 0 Å². The first-order valence-corrected chi connectivity index (χ1v) is 10.3. The van der Waals surface area contributed by atoms with Gasteiger partial charge in [-0.05, 0) is 50.3 Å². The normalized spacial score (nSPS) is 18.5. The lowest BCUT2D eigenvalue weighted by molar-refractivity contribution is -0.128. The molecule has 1 aromatic carbocycles. The molecule has 0 saturated carbocycles. The quantitative estimate of drug-likeness (QED) is 0.602. The van der Waals surface area contributed by atoms with Gasteiger partial charge in [-0.3, -0.25) is 4.79 Å². The Morgan fingerprint density at radius 3 is 2.66 bits per heavy atom. The highest BCUT2D eigenvalue weighted by Gasteiger charge is 2.29. The van der Waals surface area contributed by atoms with E-state index in [-0.39, 0.29) is 5.91 Å². The highest BCUT2D eigenvalue weighted by atomic mass is 16.2. The number of amides is 1. The van der Waals surface area contributed by atoms with Gasteiger partial charge in [0, 0.05) is 56.6 Å². The maximum absolute atomic E-state index is 13.1. The van der Waals surface area contributed by atoms with Crippen LogP contribution in [0.4, 0.5) is 0 Å². The topological polar surface area (TPSA) is 80.5 Å². The Kier molecular flexibility index (Phi) is 6.20. The van der Waals surface area contributed by atoms with Gasteiger partial charge in [-0.15, -0.1) is 0 Å². The molecule has 1 aliphatic heterocycles. The molecule has 1 unspecified atom stereocenters. The molecule has 3 rings (SSSR count). The van der Waals surface area contributed by atoms with E-state index in [2.05, 4.69) is 48.7 Å². The lowest BCUT2D eigenvalue weighted by Crippen LogP contribution is -2.40. The van der Waals surface area contributed by atoms with Crippen molar-refractivity contribution in [1.29, 1.82) is 0 Å². The first kappa shape index (κ1) is 20.8. The van der Waals surface area contributed by atoms with Crippen LogP contribution in [-0.4, -0.2) is 47.5 Å². The fourth-order valence-electron chi connectivity index (χ4n) is 4.14. The summed E-state index contributed by atoms with van der Waals surface area (Å²) in [5.74, 6) is 0.745. The lowest BCUT2D eigenvalue weighted by atomic mass is 9.93. The zero-order valence-corrected chi connectivity index (χ0v) is 17.9. The van der Waals surface area contributed by atoms with Crippen LogP contribution in [0.1, 0.15) is 44.3 Å². The second-order valence-electron chi connectivity index (χ2n) is 8.27. The van der Waals surface area contributed by atoms with Gasteiger partial charge in [0.15, 0.2) is 0 Å². The Labute approximate surface area is 173 Å². The summed E-state index contributed by atoms with van der Waals surface area (Å²) >= 11 is 0. The lowest BCUT2D eigenvalue weighted by Gasteiger charge is -2.34. The van der Waals surface area contributed by atoms with Crippen molar-refractivity contribution in [2.45, 2.75) is 38.6 Å². The summed E-state index contributed by atoms with van der Waals surface area (Å²) in [6.07, 6.45) is 5.05. The van der Waals surface area contributed by atoms with Gasteiger partial charge in [0.2, 0.25) is 0 Å². The molecule has 4 N–H and O–H groups in total. The Hall–Kier alpha value is -2.89. The van der Waals surface area contributed by atoms with Crippen molar-refractivity contribution >= 4 is 16.8 Å². The largest absolute Gasteiger partial charge is 0.404 e. The average molecular weight is 396 g/mol. The van der Waals surface area contributed by atoms with E-state index >= 15 is 0 Å². The van der Waals surface area contributed by atoms with Crippen molar-refractivity contribution in [3.63, 3.8) is 0 Å². The van der Waals surface area contributed by atoms with Crippen LogP contribution in [0.3, 0.4) is 0 Å². The minimum absolute atomic E-state index is 0.0609. The third-order valence-corrected chi connectivity index (χ3v) is 5.67. The Morgan fingerprint density at radius 2 is 2.00 bits per heavy atom. The van der Waals surface area contributed by atoms with Gasteiger partial charge < -0.3 is 25.8 Å². The second kappa shape index (κ2) is 8.64. The molecule has 156 valence electrons. The third kappa shape index (κ3) is 4.26. The number of likely N-dealkylation sites (tertiary alicyclic amines) is 1. The molecule has 1 aliphatic rings. The predicted octanol–water partition coefficient (Wildman–Crippen LogP) is 3.13.